The molecule has 15 heavy (non-hydrogen) atoms. The molecule has 4 heteroatoms. The molecule has 0 aliphatic rings. The van der Waals surface area contributed by atoms with Crippen molar-refractivity contribution >= 4 is 11.8 Å². The van der Waals surface area contributed by atoms with Crippen molar-refractivity contribution in [3.8, 4) is 5.75 Å². The molecule has 1 atom stereocenters. The van der Waals surface area contributed by atoms with Crippen molar-refractivity contribution in [2.75, 3.05) is 5.32 Å². The smallest absolute Gasteiger partial charge is 0.454 e. The van der Waals surface area contributed by atoms with Crippen molar-refractivity contribution < 1.29 is 14.6 Å². The Labute approximate surface area is 88.9 Å². The van der Waals surface area contributed by atoms with Crippen LogP contribution in [0.1, 0.15) is 20.3 Å². The molecule has 1 radical (unpaired) electrons. The minimum absolute atomic E-state index is 0.114. The monoisotopic (exact) mass is 208 g/mol. The highest BCUT2D eigenvalue weighted by atomic mass is 16.5. The van der Waals surface area contributed by atoms with Crippen LogP contribution < -0.4 is 10.1 Å². The summed E-state index contributed by atoms with van der Waals surface area (Å²) in [5.74, 6) is 0.649. The number of rotatable bonds is 4. The molecule has 0 saturated carbocycles. The Hall–Kier alpha value is -1.71. The van der Waals surface area contributed by atoms with E-state index in [0.717, 1.165) is 6.42 Å². The first-order valence-electron chi connectivity index (χ1n) is 4.86. The third-order valence-corrected chi connectivity index (χ3v) is 1.99. The minimum atomic E-state index is -1.32. The molecule has 0 spiro atoms. The fraction of sp³-hybridized carbons (Fsp3) is 0.364. The van der Waals surface area contributed by atoms with Crippen molar-refractivity contribution in [3.63, 3.8) is 0 Å². The maximum atomic E-state index is 10.3. The lowest BCUT2D eigenvalue weighted by molar-refractivity contribution is 0.185. The van der Waals surface area contributed by atoms with Gasteiger partial charge in [-0.25, -0.2) is 9.90 Å². The molecule has 0 heterocycles. The standard InChI is InChI=1S/C11H14NO3/c1-3-8(2)15-10-6-4-5-9(7-10)12-11(13)14/h4-8,12H,3H2,1-2H3. The van der Waals surface area contributed by atoms with E-state index in [2.05, 4.69) is 5.32 Å². The van der Waals surface area contributed by atoms with E-state index >= 15 is 0 Å². The molecule has 81 valence electrons. The van der Waals surface area contributed by atoms with E-state index in [9.17, 15) is 9.90 Å². The lowest BCUT2D eigenvalue weighted by Gasteiger charge is -2.12. The number of carbonyl (C=O) groups is 1. The molecule has 0 aliphatic carbocycles. The average molecular weight is 208 g/mol. The number of hydrogen-bond acceptors (Lipinski definition) is 2. The SMILES string of the molecule is CCC(C)Oc1cccc(NC([O])=O)c1. The molecule has 0 fully saturated rings. The maximum Gasteiger partial charge on any atom is 0.454 e. The Morgan fingerprint density at radius 2 is 2.27 bits per heavy atom. The summed E-state index contributed by atoms with van der Waals surface area (Å²) < 4.78 is 5.53. The number of nitrogens with one attached hydrogen (secondary N) is 1. The minimum Gasteiger partial charge on any atom is -0.491 e. The molecule has 0 aromatic heterocycles. The van der Waals surface area contributed by atoms with Gasteiger partial charge >= 0.3 is 6.09 Å². The summed E-state index contributed by atoms with van der Waals surface area (Å²) in [5, 5.41) is 12.5. The van der Waals surface area contributed by atoms with Gasteiger partial charge in [-0.1, -0.05) is 13.0 Å². The topological polar surface area (TPSA) is 58.2 Å². The lowest BCUT2D eigenvalue weighted by Crippen LogP contribution is -2.10. The zero-order chi connectivity index (χ0) is 11.3. The van der Waals surface area contributed by atoms with Crippen LogP contribution in [-0.2, 0) is 5.11 Å². The van der Waals surface area contributed by atoms with E-state index in [1.54, 1.807) is 24.3 Å². The Morgan fingerprint density at radius 1 is 1.53 bits per heavy atom. The second-order valence-electron chi connectivity index (χ2n) is 3.28. The van der Waals surface area contributed by atoms with Crippen molar-refractivity contribution in [1.82, 2.24) is 0 Å². The van der Waals surface area contributed by atoms with Gasteiger partial charge in [-0.05, 0) is 25.5 Å². The molecule has 1 aromatic rings. The van der Waals surface area contributed by atoms with Gasteiger partial charge in [0.15, 0.2) is 0 Å². The number of carbonyl (C=O) groups excluding carboxylic acids is 1. The van der Waals surface area contributed by atoms with Crippen molar-refractivity contribution in [2.24, 2.45) is 0 Å². The van der Waals surface area contributed by atoms with Crippen LogP contribution in [0, 0.1) is 0 Å². The van der Waals surface area contributed by atoms with Gasteiger partial charge in [-0.15, -0.1) is 0 Å². The van der Waals surface area contributed by atoms with E-state index in [-0.39, 0.29) is 6.10 Å². The van der Waals surface area contributed by atoms with Crippen LogP contribution in [-0.4, -0.2) is 12.2 Å². The van der Waals surface area contributed by atoms with Crippen LogP contribution in [0.5, 0.6) is 5.75 Å². The summed E-state index contributed by atoms with van der Waals surface area (Å²) in [6, 6.07) is 6.77. The first-order valence-corrected chi connectivity index (χ1v) is 4.86. The number of amides is 1. The van der Waals surface area contributed by atoms with Gasteiger partial charge in [0, 0.05) is 11.8 Å². The van der Waals surface area contributed by atoms with Gasteiger partial charge in [0.05, 0.1) is 6.10 Å². The van der Waals surface area contributed by atoms with Crippen LogP contribution in [0.4, 0.5) is 10.5 Å². The van der Waals surface area contributed by atoms with E-state index in [1.165, 1.54) is 0 Å². The second-order valence-corrected chi connectivity index (χ2v) is 3.28. The van der Waals surface area contributed by atoms with Crippen LogP contribution >= 0.6 is 0 Å². The van der Waals surface area contributed by atoms with Crippen molar-refractivity contribution in [3.05, 3.63) is 24.3 Å². The molecule has 0 aliphatic heterocycles. The van der Waals surface area contributed by atoms with E-state index in [0.29, 0.717) is 11.4 Å². The van der Waals surface area contributed by atoms with Gasteiger partial charge in [-0.3, -0.25) is 5.32 Å². The second kappa shape index (κ2) is 5.24. The molecule has 1 amide bonds. The molecular weight excluding hydrogens is 194 g/mol. The predicted molar refractivity (Wildman–Crippen MR) is 56.5 cm³/mol. The van der Waals surface area contributed by atoms with Crippen LogP contribution in [0.3, 0.4) is 0 Å². The summed E-state index contributed by atoms with van der Waals surface area (Å²) in [5.41, 5.74) is 0.454. The van der Waals surface area contributed by atoms with Crippen LogP contribution in [0.15, 0.2) is 24.3 Å². The highest BCUT2D eigenvalue weighted by Gasteiger charge is 2.03. The van der Waals surface area contributed by atoms with E-state index < -0.39 is 6.09 Å². The Balaban J connectivity index is 2.69. The van der Waals surface area contributed by atoms with E-state index in [4.69, 9.17) is 4.74 Å². The quantitative estimate of drug-likeness (QED) is 0.827. The zero-order valence-corrected chi connectivity index (χ0v) is 8.82. The number of benzene rings is 1. The van der Waals surface area contributed by atoms with E-state index in [1.807, 2.05) is 13.8 Å². The fourth-order valence-corrected chi connectivity index (χ4v) is 1.08. The number of ether oxygens (including phenoxy) is 1. The van der Waals surface area contributed by atoms with Gasteiger partial charge in [-0.2, -0.15) is 0 Å². The Kier molecular flexibility index (Phi) is 3.97. The molecule has 0 bridgehead atoms. The van der Waals surface area contributed by atoms with Crippen LogP contribution in [0.25, 0.3) is 0 Å². The summed E-state index contributed by atoms with van der Waals surface area (Å²) in [4.78, 5) is 10.3. The highest BCUT2D eigenvalue weighted by molar-refractivity contribution is 5.82. The largest absolute Gasteiger partial charge is 0.491 e. The molecule has 1 aromatic carbocycles. The summed E-state index contributed by atoms with van der Waals surface area (Å²) in [6.45, 7) is 3.98. The van der Waals surface area contributed by atoms with Gasteiger partial charge in [0.1, 0.15) is 5.75 Å². The first kappa shape index (κ1) is 11.4. The number of hydrogen-bond donors (Lipinski definition) is 1. The number of anilines is 1. The molecular formula is C11H14NO3. The average Bonchev–Trinajstić information content (AvgIpc) is 2.17. The van der Waals surface area contributed by atoms with Crippen molar-refractivity contribution in [2.45, 2.75) is 26.4 Å². The Bertz CT molecular complexity index is 338. The predicted octanol–water partition coefficient (Wildman–Crippen LogP) is 2.83. The van der Waals surface area contributed by atoms with Gasteiger partial charge < -0.3 is 4.74 Å². The third kappa shape index (κ3) is 3.89. The Morgan fingerprint density at radius 3 is 2.87 bits per heavy atom. The molecule has 1 unspecified atom stereocenters. The normalized spacial score (nSPS) is 11.9. The van der Waals surface area contributed by atoms with Crippen molar-refractivity contribution in [1.29, 1.82) is 0 Å². The summed E-state index contributed by atoms with van der Waals surface area (Å²) >= 11 is 0. The molecule has 0 saturated heterocycles. The van der Waals surface area contributed by atoms with Crippen LogP contribution in [0.2, 0.25) is 0 Å². The first-order chi connectivity index (χ1) is 7.11. The highest BCUT2D eigenvalue weighted by Crippen LogP contribution is 2.19. The molecule has 1 N–H and O–H groups in total. The summed E-state index contributed by atoms with van der Waals surface area (Å²) in [7, 11) is 0. The molecule has 1 rings (SSSR count). The molecule has 4 nitrogen and oxygen atoms in total. The lowest BCUT2D eigenvalue weighted by atomic mass is 10.3. The van der Waals surface area contributed by atoms with Gasteiger partial charge in [0.25, 0.3) is 0 Å². The fourth-order valence-electron chi connectivity index (χ4n) is 1.08. The zero-order valence-electron chi connectivity index (χ0n) is 8.82. The maximum absolute atomic E-state index is 10.3. The third-order valence-electron chi connectivity index (χ3n) is 1.99. The summed E-state index contributed by atoms with van der Waals surface area (Å²) in [6.07, 6.45) is -0.308. The van der Waals surface area contributed by atoms with Gasteiger partial charge in [0.2, 0.25) is 0 Å².